The van der Waals surface area contributed by atoms with E-state index in [1.54, 1.807) is 0 Å². The van der Waals surface area contributed by atoms with Crippen molar-refractivity contribution in [2.45, 2.75) is 12.2 Å². The van der Waals surface area contributed by atoms with Crippen molar-refractivity contribution in [3.8, 4) is 11.5 Å². The summed E-state index contributed by atoms with van der Waals surface area (Å²) >= 11 is 5.34. The standard InChI is InChI=1S/C9H11ClO4/c10-4-8(13)9(14)6-2-1-5(11)3-7(6)12/h1-3,8-9,11-14H,4H2. The molecule has 2 atom stereocenters. The quantitative estimate of drug-likeness (QED) is 0.564. The lowest BCUT2D eigenvalue weighted by atomic mass is 10.0. The highest BCUT2D eigenvalue weighted by molar-refractivity contribution is 6.18. The summed E-state index contributed by atoms with van der Waals surface area (Å²) in [7, 11) is 0. The van der Waals surface area contributed by atoms with Gasteiger partial charge in [0.15, 0.2) is 0 Å². The van der Waals surface area contributed by atoms with Crippen LogP contribution >= 0.6 is 11.6 Å². The van der Waals surface area contributed by atoms with Crippen LogP contribution in [0.5, 0.6) is 11.5 Å². The van der Waals surface area contributed by atoms with Crippen molar-refractivity contribution in [1.82, 2.24) is 0 Å². The van der Waals surface area contributed by atoms with Gasteiger partial charge in [-0.3, -0.25) is 0 Å². The summed E-state index contributed by atoms with van der Waals surface area (Å²) in [6.45, 7) is 0. The highest BCUT2D eigenvalue weighted by Crippen LogP contribution is 2.29. The van der Waals surface area contributed by atoms with Crippen LogP contribution in [-0.2, 0) is 0 Å². The van der Waals surface area contributed by atoms with Crippen molar-refractivity contribution < 1.29 is 20.4 Å². The molecule has 0 bridgehead atoms. The van der Waals surface area contributed by atoms with E-state index in [2.05, 4.69) is 0 Å². The van der Waals surface area contributed by atoms with Gasteiger partial charge in [-0.2, -0.15) is 0 Å². The maximum atomic E-state index is 9.48. The molecule has 0 aliphatic heterocycles. The largest absolute Gasteiger partial charge is 0.508 e. The number of aromatic hydroxyl groups is 2. The van der Waals surface area contributed by atoms with Crippen LogP contribution in [0, 0.1) is 0 Å². The summed E-state index contributed by atoms with van der Waals surface area (Å²) in [5.74, 6) is -0.526. The molecule has 0 amide bonds. The average molecular weight is 219 g/mol. The first-order chi connectivity index (χ1) is 6.56. The first kappa shape index (κ1) is 11.1. The molecule has 4 nitrogen and oxygen atoms in total. The van der Waals surface area contributed by atoms with E-state index in [1.165, 1.54) is 12.1 Å². The van der Waals surface area contributed by atoms with Gasteiger partial charge in [-0.25, -0.2) is 0 Å². The van der Waals surface area contributed by atoms with Gasteiger partial charge in [-0.15, -0.1) is 11.6 Å². The lowest BCUT2D eigenvalue weighted by Crippen LogP contribution is -2.19. The van der Waals surface area contributed by atoms with Gasteiger partial charge in [0.25, 0.3) is 0 Å². The number of aliphatic hydroxyl groups excluding tert-OH is 2. The molecule has 1 aromatic carbocycles. The molecule has 14 heavy (non-hydrogen) atoms. The van der Waals surface area contributed by atoms with Crippen LogP contribution in [0.25, 0.3) is 0 Å². The Morgan fingerprint density at radius 1 is 1.21 bits per heavy atom. The topological polar surface area (TPSA) is 80.9 Å². The Kier molecular flexibility index (Phi) is 3.57. The molecule has 1 rings (SSSR count). The fourth-order valence-corrected chi connectivity index (χ4v) is 1.24. The van der Waals surface area contributed by atoms with Crippen LogP contribution in [0.4, 0.5) is 0 Å². The molecule has 4 N–H and O–H groups in total. The van der Waals surface area contributed by atoms with E-state index >= 15 is 0 Å². The third-order valence-electron chi connectivity index (χ3n) is 1.86. The monoisotopic (exact) mass is 218 g/mol. The van der Waals surface area contributed by atoms with Gasteiger partial charge in [0.2, 0.25) is 0 Å². The number of hydrogen-bond donors (Lipinski definition) is 4. The van der Waals surface area contributed by atoms with Crippen molar-refractivity contribution in [3.63, 3.8) is 0 Å². The zero-order valence-electron chi connectivity index (χ0n) is 7.26. The highest BCUT2D eigenvalue weighted by Gasteiger charge is 2.20. The van der Waals surface area contributed by atoms with Crippen molar-refractivity contribution in [3.05, 3.63) is 23.8 Å². The molecule has 0 aliphatic carbocycles. The van der Waals surface area contributed by atoms with E-state index in [0.717, 1.165) is 6.07 Å². The second kappa shape index (κ2) is 4.50. The van der Waals surface area contributed by atoms with Crippen molar-refractivity contribution in [1.29, 1.82) is 0 Å². The van der Waals surface area contributed by atoms with Gasteiger partial charge in [-0.05, 0) is 12.1 Å². The molecular weight excluding hydrogens is 208 g/mol. The Balaban J connectivity index is 2.95. The number of rotatable bonds is 3. The minimum atomic E-state index is -1.26. The lowest BCUT2D eigenvalue weighted by molar-refractivity contribution is 0.0312. The maximum absolute atomic E-state index is 9.48. The average Bonchev–Trinajstić information content (AvgIpc) is 2.15. The molecule has 0 saturated heterocycles. The van der Waals surface area contributed by atoms with E-state index in [9.17, 15) is 15.3 Å². The Bertz CT molecular complexity index is 316. The molecule has 0 radical (unpaired) electrons. The van der Waals surface area contributed by atoms with Crippen LogP contribution < -0.4 is 0 Å². The number of phenolic OH excluding ortho intramolecular Hbond substituents is 2. The van der Waals surface area contributed by atoms with Crippen molar-refractivity contribution in [2.24, 2.45) is 0 Å². The number of phenols is 2. The van der Waals surface area contributed by atoms with E-state index in [-0.39, 0.29) is 22.9 Å². The van der Waals surface area contributed by atoms with E-state index < -0.39 is 12.2 Å². The Labute approximate surface area is 86.0 Å². The summed E-state index contributed by atoms with van der Waals surface area (Å²) in [5.41, 5.74) is 0.135. The molecule has 2 unspecified atom stereocenters. The van der Waals surface area contributed by atoms with Gasteiger partial charge >= 0.3 is 0 Å². The van der Waals surface area contributed by atoms with Gasteiger partial charge in [0.1, 0.15) is 17.6 Å². The fourth-order valence-electron chi connectivity index (χ4n) is 1.07. The maximum Gasteiger partial charge on any atom is 0.125 e. The van der Waals surface area contributed by atoms with E-state index in [0.29, 0.717) is 0 Å². The third kappa shape index (κ3) is 2.29. The zero-order chi connectivity index (χ0) is 10.7. The first-order valence-corrected chi connectivity index (χ1v) is 4.53. The molecule has 0 spiro atoms. The summed E-state index contributed by atoms with van der Waals surface area (Å²) < 4.78 is 0. The molecule has 0 aromatic heterocycles. The van der Waals surface area contributed by atoms with E-state index in [1.807, 2.05) is 0 Å². The van der Waals surface area contributed by atoms with Crippen LogP contribution in [0.2, 0.25) is 0 Å². The molecule has 0 heterocycles. The predicted octanol–water partition coefficient (Wildman–Crippen LogP) is 0.731. The van der Waals surface area contributed by atoms with Gasteiger partial charge in [-0.1, -0.05) is 0 Å². The second-order valence-electron chi connectivity index (χ2n) is 2.91. The number of aliphatic hydroxyl groups is 2. The summed E-state index contributed by atoms with van der Waals surface area (Å²) in [4.78, 5) is 0. The number of halogens is 1. The number of benzene rings is 1. The molecule has 0 aliphatic rings. The summed E-state index contributed by atoms with van der Waals surface area (Å²) in [5, 5.41) is 37.0. The SMILES string of the molecule is Oc1ccc(C(O)C(O)CCl)c(O)c1. The van der Waals surface area contributed by atoms with Crippen LogP contribution in [-0.4, -0.2) is 32.4 Å². The summed E-state index contributed by atoms with van der Waals surface area (Å²) in [6, 6.07) is 3.71. The smallest absolute Gasteiger partial charge is 0.125 e. The predicted molar refractivity (Wildman–Crippen MR) is 51.5 cm³/mol. The molecular formula is C9H11ClO4. The highest BCUT2D eigenvalue weighted by atomic mass is 35.5. The normalized spacial score (nSPS) is 15.1. The lowest BCUT2D eigenvalue weighted by Gasteiger charge is -2.16. The third-order valence-corrected chi connectivity index (χ3v) is 2.17. The second-order valence-corrected chi connectivity index (χ2v) is 3.22. The Morgan fingerprint density at radius 3 is 2.36 bits per heavy atom. The van der Waals surface area contributed by atoms with Crippen molar-refractivity contribution in [2.75, 3.05) is 5.88 Å². The van der Waals surface area contributed by atoms with Gasteiger partial charge < -0.3 is 20.4 Å². The zero-order valence-corrected chi connectivity index (χ0v) is 8.02. The number of hydrogen-bond acceptors (Lipinski definition) is 4. The van der Waals surface area contributed by atoms with Crippen LogP contribution in [0.15, 0.2) is 18.2 Å². The molecule has 1 aromatic rings. The Hall–Kier alpha value is -0.970. The molecule has 0 fully saturated rings. The minimum Gasteiger partial charge on any atom is -0.508 e. The van der Waals surface area contributed by atoms with Gasteiger partial charge in [0, 0.05) is 11.6 Å². The van der Waals surface area contributed by atoms with Crippen LogP contribution in [0.1, 0.15) is 11.7 Å². The first-order valence-electron chi connectivity index (χ1n) is 4.00. The van der Waals surface area contributed by atoms with Gasteiger partial charge in [0.05, 0.1) is 12.0 Å². The summed E-state index contributed by atoms with van der Waals surface area (Å²) in [6.07, 6.45) is -2.40. The molecule has 5 heteroatoms. The van der Waals surface area contributed by atoms with E-state index in [4.69, 9.17) is 16.7 Å². The molecule has 78 valence electrons. The molecule has 0 saturated carbocycles. The van der Waals surface area contributed by atoms with Crippen LogP contribution in [0.3, 0.4) is 0 Å². The fraction of sp³-hybridized carbons (Fsp3) is 0.333. The van der Waals surface area contributed by atoms with Crippen molar-refractivity contribution >= 4 is 11.6 Å². The minimum absolute atomic E-state index is 0.112. The Morgan fingerprint density at radius 2 is 1.86 bits per heavy atom. The number of alkyl halides is 1.